The van der Waals surface area contributed by atoms with Crippen LogP contribution in [0.1, 0.15) is 40.0 Å². The number of carbonyl (C=O) groups excluding carboxylic acids is 1. The summed E-state index contributed by atoms with van der Waals surface area (Å²) >= 11 is 0. The Hall–Kier alpha value is -0.920. The second-order valence-corrected chi connectivity index (χ2v) is 7.16. The number of nitrogens with two attached hydrogens (primary N) is 1. The summed E-state index contributed by atoms with van der Waals surface area (Å²) in [5, 5.41) is 0. The maximum Gasteiger partial charge on any atom is 0.265 e. The lowest BCUT2D eigenvalue weighted by Crippen LogP contribution is -2.50. The molecule has 124 valence electrons. The molecule has 6 nitrogen and oxygen atoms in total. The Morgan fingerprint density at radius 2 is 1.71 bits per heavy atom. The molecule has 0 heterocycles. The quantitative estimate of drug-likeness (QED) is 0.341. The Balaban J connectivity index is 4.96. The first-order valence-corrected chi connectivity index (χ1v) is 9.03. The lowest BCUT2D eigenvalue weighted by atomic mass is 10.2. The van der Waals surface area contributed by atoms with Crippen molar-refractivity contribution in [2.75, 3.05) is 31.9 Å². The van der Waals surface area contributed by atoms with E-state index in [1.807, 2.05) is 6.08 Å². The number of amides is 1. The first-order valence-electron chi connectivity index (χ1n) is 7.42. The molecule has 0 aliphatic rings. The molecule has 0 saturated heterocycles. The molecule has 0 spiro atoms. The molecule has 0 radical (unpaired) electrons. The van der Waals surface area contributed by atoms with Gasteiger partial charge in [0, 0.05) is 12.0 Å². The maximum absolute atomic E-state index is 11.1. The molecule has 3 N–H and O–H groups in total. The number of rotatable bonds is 11. The van der Waals surface area contributed by atoms with Gasteiger partial charge in [-0.25, -0.2) is 0 Å². The van der Waals surface area contributed by atoms with Crippen LogP contribution in [0, 0.1) is 0 Å². The van der Waals surface area contributed by atoms with E-state index in [1.54, 1.807) is 6.92 Å². The number of carbonyl (C=O) groups is 1. The molecule has 7 heteroatoms. The summed E-state index contributed by atoms with van der Waals surface area (Å²) in [7, 11) is -3.92. The van der Waals surface area contributed by atoms with Gasteiger partial charge in [0.2, 0.25) is 5.91 Å². The molecule has 0 rings (SSSR count). The van der Waals surface area contributed by atoms with Crippen molar-refractivity contribution in [1.29, 1.82) is 0 Å². The average molecular weight is 321 g/mol. The number of primary amides is 1. The van der Waals surface area contributed by atoms with E-state index in [-0.39, 0.29) is 5.75 Å². The molecule has 0 aliphatic heterocycles. The van der Waals surface area contributed by atoms with E-state index in [1.165, 1.54) is 0 Å². The molecule has 21 heavy (non-hydrogen) atoms. The summed E-state index contributed by atoms with van der Waals surface area (Å²) < 4.78 is 31.3. The van der Waals surface area contributed by atoms with E-state index in [9.17, 15) is 13.2 Å². The van der Waals surface area contributed by atoms with Crippen LogP contribution in [0.15, 0.2) is 11.6 Å². The third-order valence-corrected chi connectivity index (χ3v) is 4.41. The Morgan fingerprint density at radius 1 is 1.19 bits per heavy atom. The second kappa shape index (κ2) is 9.17. The molecular formula is C14H29N2O4S+. The Kier molecular flexibility index (Phi) is 8.77. The third kappa shape index (κ3) is 8.85. The standard InChI is InChI=1S/C14H28N2O4S/c1-4-8-16(9-5-2,10-6-12-21(18,19)20)11-7-13(3)14(15)17/h7H,4-6,8-12H2,1-3H3,(H2-,15,17,18,19,20)/p+1. The van der Waals surface area contributed by atoms with Crippen molar-refractivity contribution in [2.24, 2.45) is 5.73 Å². The second-order valence-electron chi connectivity index (χ2n) is 5.59. The van der Waals surface area contributed by atoms with Crippen molar-refractivity contribution >= 4 is 16.0 Å². The van der Waals surface area contributed by atoms with Gasteiger partial charge in [0.1, 0.15) is 0 Å². The van der Waals surface area contributed by atoms with Gasteiger partial charge in [0.05, 0.1) is 31.9 Å². The van der Waals surface area contributed by atoms with Gasteiger partial charge < -0.3 is 10.2 Å². The smallest absolute Gasteiger partial charge is 0.265 e. The minimum absolute atomic E-state index is 0.223. The highest BCUT2D eigenvalue weighted by molar-refractivity contribution is 7.85. The normalized spacial score (nSPS) is 13.4. The van der Waals surface area contributed by atoms with Crippen molar-refractivity contribution in [3.05, 3.63) is 11.6 Å². The van der Waals surface area contributed by atoms with Crippen LogP contribution in [-0.4, -0.2) is 55.3 Å². The molecule has 0 unspecified atom stereocenters. The topological polar surface area (TPSA) is 97.5 Å². The fraction of sp³-hybridized carbons (Fsp3) is 0.786. The van der Waals surface area contributed by atoms with Crippen LogP contribution in [-0.2, 0) is 14.9 Å². The molecule has 0 aromatic heterocycles. The lowest BCUT2D eigenvalue weighted by molar-refractivity contribution is -0.923. The minimum atomic E-state index is -3.92. The first-order chi connectivity index (χ1) is 9.66. The van der Waals surface area contributed by atoms with Gasteiger partial charge >= 0.3 is 0 Å². The van der Waals surface area contributed by atoms with Gasteiger partial charge in [0.25, 0.3) is 10.1 Å². The molecule has 0 aromatic rings. The maximum atomic E-state index is 11.1. The van der Waals surface area contributed by atoms with Crippen LogP contribution in [0.3, 0.4) is 0 Å². The van der Waals surface area contributed by atoms with Gasteiger partial charge in [-0.15, -0.1) is 0 Å². The highest BCUT2D eigenvalue weighted by Gasteiger charge is 2.25. The molecule has 0 aliphatic carbocycles. The van der Waals surface area contributed by atoms with Crippen molar-refractivity contribution in [3.8, 4) is 0 Å². The van der Waals surface area contributed by atoms with Gasteiger partial charge in [-0.1, -0.05) is 13.8 Å². The van der Waals surface area contributed by atoms with Crippen LogP contribution in [0.2, 0.25) is 0 Å². The largest absolute Gasteiger partial charge is 0.366 e. The van der Waals surface area contributed by atoms with Crippen LogP contribution in [0.4, 0.5) is 0 Å². The monoisotopic (exact) mass is 321 g/mol. The fourth-order valence-corrected chi connectivity index (χ4v) is 3.07. The van der Waals surface area contributed by atoms with Crippen molar-refractivity contribution in [1.82, 2.24) is 0 Å². The highest BCUT2D eigenvalue weighted by Crippen LogP contribution is 2.13. The van der Waals surface area contributed by atoms with Crippen molar-refractivity contribution in [2.45, 2.75) is 40.0 Å². The van der Waals surface area contributed by atoms with Gasteiger partial charge in [-0.2, -0.15) is 8.42 Å². The van der Waals surface area contributed by atoms with E-state index >= 15 is 0 Å². The van der Waals surface area contributed by atoms with Crippen LogP contribution < -0.4 is 5.73 Å². The average Bonchev–Trinajstić information content (AvgIpc) is 2.34. The van der Waals surface area contributed by atoms with E-state index in [0.717, 1.165) is 25.9 Å². The van der Waals surface area contributed by atoms with E-state index < -0.39 is 16.0 Å². The van der Waals surface area contributed by atoms with Crippen molar-refractivity contribution < 1.29 is 22.2 Å². The summed E-state index contributed by atoms with van der Waals surface area (Å²) in [6.07, 6.45) is 4.17. The molecular weight excluding hydrogens is 292 g/mol. The van der Waals surface area contributed by atoms with Crippen molar-refractivity contribution in [3.63, 3.8) is 0 Å². The van der Waals surface area contributed by atoms with Crippen LogP contribution in [0.25, 0.3) is 0 Å². The number of quaternary nitrogens is 1. The zero-order chi connectivity index (χ0) is 16.5. The van der Waals surface area contributed by atoms with E-state index in [4.69, 9.17) is 10.3 Å². The predicted octanol–water partition coefficient (Wildman–Crippen LogP) is 1.33. The van der Waals surface area contributed by atoms with E-state index in [2.05, 4.69) is 13.8 Å². The zero-order valence-corrected chi connectivity index (χ0v) is 14.2. The van der Waals surface area contributed by atoms with Gasteiger partial charge in [0.15, 0.2) is 0 Å². The molecule has 0 aromatic carbocycles. The summed E-state index contributed by atoms with van der Waals surface area (Å²) in [5.41, 5.74) is 5.77. The third-order valence-electron chi connectivity index (χ3n) is 3.60. The van der Waals surface area contributed by atoms with Gasteiger partial charge in [-0.05, 0) is 25.8 Å². The van der Waals surface area contributed by atoms with E-state index in [0.29, 0.717) is 29.6 Å². The number of hydrogen-bond donors (Lipinski definition) is 2. The molecule has 1 amide bonds. The Morgan fingerprint density at radius 3 is 2.10 bits per heavy atom. The zero-order valence-electron chi connectivity index (χ0n) is 13.3. The predicted molar refractivity (Wildman–Crippen MR) is 84.3 cm³/mol. The van der Waals surface area contributed by atoms with Crippen LogP contribution >= 0.6 is 0 Å². The van der Waals surface area contributed by atoms with Gasteiger partial charge in [-0.3, -0.25) is 9.35 Å². The summed E-state index contributed by atoms with van der Waals surface area (Å²) in [6.45, 7) is 8.97. The molecule has 0 atom stereocenters. The van der Waals surface area contributed by atoms with Crippen LogP contribution in [0.5, 0.6) is 0 Å². The fourth-order valence-electron chi connectivity index (χ4n) is 2.57. The minimum Gasteiger partial charge on any atom is -0.366 e. The molecule has 0 fully saturated rings. The first kappa shape index (κ1) is 20.1. The summed E-state index contributed by atoms with van der Waals surface area (Å²) in [5.74, 6) is -0.655. The number of hydrogen-bond acceptors (Lipinski definition) is 3. The summed E-state index contributed by atoms with van der Waals surface area (Å²) in [4.78, 5) is 11.1. The summed E-state index contributed by atoms with van der Waals surface area (Å²) in [6, 6.07) is 0. The Bertz CT molecular complexity index is 452. The Labute approximate surface area is 128 Å². The SMILES string of the molecule is CCC[N+](CC=C(C)C(N)=O)(CCC)CCCS(=O)(=O)O. The lowest BCUT2D eigenvalue weighted by Gasteiger charge is -2.38. The highest BCUT2D eigenvalue weighted by atomic mass is 32.2. The molecule has 0 bridgehead atoms. The number of nitrogens with zero attached hydrogens (tertiary/aromatic N) is 1. The molecule has 0 saturated carbocycles.